The number of nitrogens with one attached hydrogen (secondary N) is 1. The second-order valence-electron chi connectivity index (χ2n) is 5.75. The van der Waals surface area contributed by atoms with Crippen LogP contribution in [-0.2, 0) is 0 Å². The van der Waals surface area contributed by atoms with Gasteiger partial charge >= 0.3 is 0 Å². The fraction of sp³-hybridized carbons (Fsp3) is 0.200. The lowest BCUT2D eigenvalue weighted by Crippen LogP contribution is -2.01. The van der Waals surface area contributed by atoms with Crippen molar-refractivity contribution in [3.63, 3.8) is 0 Å². The van der Waals surface area contributed by atoms with Gasteiger partial charge in [0, 0.05) is 32.9 Å². The monoisotopic (exact) mass is 322 g/mol. The van der Waals surface area contributed by atoms with Gasteiger partial charge in [-0.25, -0.2) is 0 Å². The molecule has 0 spiro atoms. The van der Waals surface area contributed by atoms with Crippen LogP contribution in [0.2, 0.25) is 5.02 Å². The Labute approximate surface area is 141 Å². The molecule has 0 saturated heterocycles. The highest BCUT2D eigenvalue weighted by Gasteiger charge is 2.10. The van der Waals surface area contributed by atoms with Crippen LogP contribution in [0.3, 0.4) is 0 Å². The van der Waals surface area contributed by atoms with Gasteiger partial charge in [-0.1, -0.05) is 55.3 Å². The second-order valence-corrected chi connectivity index (χ2v) is 6.16. The highest BCUT2D eigenvalue weighted by Crippen LogP contribution is 2.31. The van der Waals surface area contributed by atoms with Crippen molar-refractivity contribution in [3.05, 3.63) is 64.8 Å². The van der Waals surface area contributed by atoms with Crippen LogP contribution in [0.5, 0.6) is 0 Å². The molecule has 0 aliphatic heterocycles. The van der Waals surface area contributed by atoms with Gasteiger partial charge in [-0.2, -0.15) is 0 Å². The molecule has 0 unspecified atom stereocenters. The number of fused-ring (bicyclic) bond motifs is 1. The molecule has 3 aromatic rings. The van der Waals surface area contributed by atoms with Crippen molar-refractivity contribution >= 4 is 28.2 Å². The second kappa shape index (κ2) is 6.51. The quantitative estimate of drug-likeness (QED) is 0.585. The number of halogens is 1. The van der Waals surface area contributed by atoms with Gasteiger partial charge in [-0.3, -0.25) is 4.98 Å². The maximum absolute atomic E-state index is 8.31. The van der Waals surface area contributed by atoms with Gasteiger partial charge in [0.1, 0.15) is 0 Å². The zero-order valence-electron chi connectivity index (χ0n) is 13.4. The van der Waals surface area contributed by atoms with Gasteiger partial charge < -0.3 is 5.41 Å². The summed E-state index contributed by atoms with van der Waals surface area (Å²) < 4.78 is 0. The van der Waals surface area contributed by atoms with Crippen LogP contribution in [0.4, 0.5) is 0 Å². The Morgan fingerprint density at radius 1 is 1.13 bits per heavy atom. The minimum atomic E-state index is 0.675. The third-order valence-corrected chi connectivity index (χ3v) is 4.28. The van der Waals surface area contributed by atoms with E-state index < -0.39 is 0 Å². The van der Waals surface area contributed by atoms with Crippen molar-refractivity contribution in [1.82, 2.24) is 4.98 Å². The Bertz CT molecular complexity index is 884. The maximum atomic E-state index is 8.31. The first kappa shape index (κ1) is 15.7. The van der Waals surface area contributed by atoms with Gasteiger partial charge in [0.15, 0.2) is 0 Å². The number of hydrogen-bond donors (Lipinski definition) is 1. The smallest absolute Gasteiger partial charge is 0.0718 e. The van der Waals surface area contributed by atoms with Gasteiger partial charge in [0.25, 0.3) is 0 Å². The van der Waals surface area contributed by atoms with Crippen molar-refractivity contribution in [2.45, 2.75) is 26.7 Å². The summed E-state index contributed by atoms with van der Waals surface area (Å²) in [7, 11) is 0. The molecule has 1 aromatic heterocycles. The SMILES string of the molecule is CCCC(=N)c1cc(C)nc2cc(-c3ccccc3Cl)ccc12. The molecule has 3 rings (SSSR count). The Hall–Kier alpha value is -2.19. The summed E-state index contributed by atoms with van der Waals surface area (Å²) in [6.45, 7) is 4.07. The van der Waals surface area contributed by atoms with Gasteiger partial charge in [0.2, 0.25) is 0 Å². The van der Waals surface area contributed by atoms with E-state index in [1.807, 2.05) is 37.3 Å². The number of pyridine rings is 1. The van der Waals surface area contributed by atoms with E-state index in [2.05, 4.69) is 30.1 Å². The van der Waals surface area contributed by atoms with Crippen molar-refractivity contribution in [1.29, 1.82) is 5.41 Å². The number of aromatic nitrogens is 1. The molecule has 0 fully saturated rings. The molecule has 0 saturated carbocycles. The molecular formula is C20H19ClN2. The van der Waals surface area contributed by atoms with E-state index >= 15 is 0 Å². The first-order chi connectivity index (χ1) is 11.1. The summed E-state index contributed by atoms with van der Waals surface area (Å²) in [4.78, 5) is 4.65. The van der Waals surface area contributed by atoms with Gasteiger partial charge in [-0.15, -0.1) is 0 Å². The summed E-state index contributed by atoms with van der Waals surface area (Å²) in [5.41, 5.74) is 5.57. The highest BCUT2D eigenvalue weighted by atomic mass is 35.5. The Morgan fingerprint density at radius 3 is 2.65 bits per heavy atom. The zero-order valence-corrected chi connectivity index (χ0v) is 14.1. The van der Waals surface area contributed by atoms with Crippen LogP contribution in [0.25, 0.3) is 22.0 Å². The van der Waals surface area contributed by atoms with Crippen molar-refractivity contribution in [2.24, 2.45) is 0 Å². The number of nitrogens with zero attached hydrogens (tertiary/aromatic N) is 1. The molecule has 3 heteroatoms. The van der Waals surface area contributed by atoms with E-state index in [0.717, 1.165) is 51.2 Å². The lowest BCUT2D eigenvalue weighted by Gasteiger charge is -2.11. The average Bonchev–Trinajstić information content (AvgIpc) is 2.54. The van der Waals surface area contributed by atoms with Crippen LogP contribution >= 0.6 is 11.6 Å². The lowest BCUT2D eigenvalue weighted by atomic mass is 9.97. The maximum Gasteiger partial charge on any atom is 0.0718 e. The largest absolute Gasteiger partial charge is 0.305 e. The minimum absolute atomic E-state index is 0.675. The molecule has 2 aromatic carbocycles. The summed E-state index contributed by atoms with van der Waals surface area (Å²) in [6, 6.07) is 16.0. The topological polar surface area (TPSA) is 36.7 Å². The average molecular weight is 323 g/mol. The van der Waals surface area contributed by atoms with Gasteiger partial charge in [-0.05, 0) is 37.1 Å². The van der Waals surface area contributed by atoms with E-state index in [4.69, 9.17) is 17.0 Å². The lowest BCUT2D eigenvalue weighted by molar-refractivity contribution is 0.986. The zero-order chi connectivity index (χ0) is 16.4. The van der Waals surface area contributed by atoms with Crippen LogP contribution in [0, 0.1) is 12.3 Å². The van der Waals surface area contributed by atoms with E-state index in [0.29, 0.717) is 5.71 Å². The highest BCUT2D eigenvalue weighted by molar-refractivity contribution is 6.33. The predicted octanol–water partition coefficient (Wildman–Crippen LogP) is 6.03. The van der Waals surface area contributed by atoms with Crippen molar-refractivity contribution in [3.8, 4) is 11.1 Å². The standard InChI is InChI=1S/C20H19ClN2/c1-3-6-19(22)17-11-13(2)23-20-12-14(9-10-16(17)20)15-7-4-5-8-18(15)21/h4-5,7-12,22H,3,6H2,1-2H3. The first-order valence-electron chi connectivity index (χ1n) is 7.84. The van der Waals surface area contributed by atoms with E-state index in [1.165, 1.54) is 0 Å². The van der Waals surface area contributed by atoms with Gasteiger partial charge in [0.05, 0.1) is 5.52 Å². The fourth-order valence-electron chi connectivity index (χ4n) is 2.86. The fourth-order valence-corrected chi connectivity index (χ4v) is 3.10. The predicted molar refractivity (Wildman–Crippen MR) is 98.7 cm³/mol. The molecule has 0 amide bonds. The third-order valence-electron chi connectivity index (χ3n) is 3.95. The molecule has 0 aliphatic rings. The molecular weight excluding hydrogens is 304 g/mol. The minimum Gasteiger partial charge on any atom is -0.305 e. The number of rotatable bonds is 4. The molecule has 2 nitrogen and oxygen atoms in total. The molecule has 0 radical (unpaired) electrons. The van der Waals surface area contributed by atoms with Crippen LogP contribution in [0.1, 0.15) is 31.0 Å². The van der Waals surface area contributed by atoms with E-state index in [9.17, 15) is 0 Å². The van der Waals surface area contributed by atoms with Crippen molar-refractivity contribution < 1.29 is 0 Å². The van der Waals surface area contributed by atoms with Crippen molar-refractivity contribution in [2.75, 3.05) is 0 Å². The molecule has 23 heavy (non-hydrogen) atoms. The van der Waals surface area contributed by atoms with E-state index in [-0.39, 0.29) is 0 Å². The first-order valence-corrected chi connectivity index (χ1v) is 8.22. The summed E-state index contributed by atoms with van der Waals surface area (Å²) in [5.74, 6) is 0. The Balaban J connectivity index is 2.18. The summed E-state index contributed by atoms with van der Waals surface area (Å²) in [6.07, 6.45) is 1.75. The molecule has 0 atom stereocenters. The third kappa shape index (κ3) is 3.13. The molecule has 0 aliphatic carbocycles. The number of benzene rings is 2. The number of aryl methyl sites for hydroxylation is 1. The van der Waals surface area contributed by atoms with Crippen LogP contribution in [-0.4, -0.2) is 10.7 Å². The van der Waals surface area contributed by atoms with Crippen LogP contribution < -0.4 is 0 Å². The molecule has 1 heterocycles. The molecule has 116 valence electrons. The molecule has 1 N–H and O–H groups in total. The number of hydrogen-bond acceptors (Lipinski definition) is 2. The normalized spacial score (nSPS) is 10.9. The Kier molecular flexibility index (Phi) is 4.44. The Morgan fingerprint density at radius 2 is 1.91 bits per heavy atom. The molecule has 0 bridgehead atoms. The van der Waals surface area contributed by atoms with E-state index in [1.54, 1.807) is 0 Å². The summed E-state index contributed by atoms with van der Waals surface area (Å²) >= 11 is 6.31. The summed E-state index contributed by atoms with van der Waals surface area (Å²) in [5, 5.41) is 10.1. The van der Waals surface area contributed by atoms with Crippen LogP contribution in [0.15, 0.2) is 48.5 Å².